The minimum atomic E-state index is 0. The molecule has 3 heterocycles. The van der Waals surface area contributed by atoms with Crippen LogP contribution in [-0.4, -0.2) is 50.2 Å². The summed E-state index contributed by atoms with van der Waals surface area (Å²) in [7, 11) is 0. The number of rotatable bonds is 1. The van der Waals surface area contributed by atoms with Crippen LogP contribution in [0.5, 0.6) is 11.5 Å². The highest BCUT2D eigenvalue weighted by molar-refractivity contribution is 5.95. The molecule has 2 fully saturated rings. The standard InChI is InChI=1S/C15H18N2O3.ClH/c18-15(17-8-11-6-16-7-12(11)9-17)10-1-2-13-14(5-10)20-4-3-19-13;/h1-2,5,11-12,16H,3-4,6-9H2;1H/t11-,12+;. The predicted molar refractivity (Wildman–Crippen MR) is 80.4 cm³/mol. The second-order valence-corrected chi connectivity index (χ2v) is 5.75. The highest BCUT2D eigenvalue weighted by Crippen LogP contribution is 2.32. The van der Waals surface area contributed by atoms with E-state index in [0.29, 0.717) is 36.4 Å². The Morgan fingerprint density at radius 2 is 1.76 bits per heavy atom. The van der Waals surface area contributed by atoms with Crippen molar-refractivity contribution in [2.75, 3.05) is 39.4 Å². The van der Waals surface area contributed by atoms with Crippen LogP contribution in [0.25, 0.3) is 0 Å². The van der Waals surface area contributed by atoms with E-state index in [1.54, 1.807) is 0 Å². The number of carbonyl (C=O) groups is 1. The van der Waals surface area contributed by atoms with Gasteiger partial charge in [-0.1, -0.05) is 0 Å². The van der Waals surface area contributed by atoms with E-state index in [9.17, 15) is 4.79 Å². The summed E-state index contributed by atoms with van der Waals surface area (Å²) in [4.78, 5) is 14.5. The number of benzene rings is 1. The molecule has 0 saturated carbocycles. The number of amides is 1. The van der Waals surface area contributed by atoms with Gasteiger partial charge in [-0.3, -0.25) is 4.79 Å². The Balaban J connectivity index is 0.00000132. The Morgan fingerprint density at radius 1 is 1.10 bits per heavy atom. The normalized spacial score (nSPS) is 26.2. The molecule has 0 aliphatic carbocycles. The van der Waals surface area contributed by atoms with Gasteiger partial charge in [0.15, 0.2) is 11.5 Å². The van der Waals surface area contributed by atoms with E-state index in [1.165, 1.54) is 0 Å². The van der Waals surface area contributed by atoms with E-state index >= 15 is 0 Å². The largest absolute Gasteiger partial charge is 0.486 e. The van der Waals surface area contributed by atoms with Crippen LogP contribution in [-0.2, 0) is 0 Å². The maximum absolute atomic E-state index is 12.6. The van der Waals surface area contributed by atoms with Gasteiger partial charge in [0.25, 0.3) is 5.91 Å². The van der Waals surface area contributed by atoms with Crippen LogP contribution in [0.4, 0.5) is 0 Å². The van der Waals surface area contributed by atoms with Crippen LogP contribution < -0.4 is 14.8 Å². The van der Waals surface area contributed by atoms with Gasteiger partial charge in [-0.2, -0.15) is 0 Å². The SMILES string of the molecule is Cl.O=C(c1ccc2c(c1)OCCO2)N1C[C@H]2CNC[C@H]2C1. The zero-order chi connectivity index (χ0) is 13.5. The molecule has 0 aromatic heterocycles. The molecule has 5 nitrogen and oxygen atoms in total. The quantitative estimate of drug-likeness (QED) is 0.846. The van der Waals surface area contributed by atoms with Crippen LogP contribution in [0.3, 0.4) is 0 Å². The average molecular weight is 311 g/mol. The van der Waals surface area contributed by atoms with Gasteiger partial charge >= 0.3 is 0 Å². The fraction of sp³-hybridized carbons (Fsp3) is 0.533. The summed E-state index contributed by atoms with van der Waals surface area (Å²) >= 11 is 0. The topological polar surface area (TPSA) is 50.8 Å². The van der Waals surface area contributed by atoms with Crippen molar-refractivity contribution in [1.82, 2.24) is 10.2 Å². The minimum absolute atomic E-state index is 0. The lowest BCUT2D eigenvalue weighted by Gasteiger charge is -2.21. The molecule has 21 heavy (non-hydrogen) atoms. The number of nitrogens with zero attached hydrogens (tertiary/aromatic N) is 1. The van der Waals surface area contributed by atoms with Crippen molar-refractivity contribution in [3.63, 3.8) is 0 Å². The second kappa shape index (κ2) is 5.73. The van der Waals surface area contributed by atoms with Crippen molar-refractivity contribution >= 4 is 18.3 Å². The monoisotopic (exact) mass is 310 g/mol. The maximum Gasteiger partial charge on any atom is 0.254 e. The molecule has 6 heteroatoms. The van der Waals surface area contributed by atoms with Crippen molar-refractivity contribution in [3.05, 3.63) is 23.8 Å². The second-order valence-electron chi connectivity index (χ2n) is 5.75. The van der Waals surface area contributed by atoms with E-state index in [1.807, 2.05) is 23.1 Å². The highest BCUT2D eigenvalue weighted by Gasteiger charge is 2.38. The molecule has 3 aliphatic heterocycles. The van der Waals surface area contributed by atoms with E-state index in [-0.39, 0.29) is 18.3 Å². The Labute approximate surface area is 130 Å². The van der Waals surface area contributed by atoms with Gasteiger partial charge < -0.3 is 19.7 Å². The van der Waals surface area contributed by atoms with E-state index in [2.05, 4.69) is 5.32 Å². The third-order valence-corrected chi connectivity index (χ3v) is 4.47. The lowest BCUT2D eigenvalue weighted by Crippen LogP contribution is -2.32. The van der Waals surface area contributed by atoms with Gasteiger partial charge in [-0.05, 0) is 30.0 Å². The molecule has 4 rings (SSSR count). The van der Waals surface area contributed by atoms with E-state index in [0.717, 1.165) is 31.9 Å². The summed E-state index contributed by atoms with van der Waals surface area (Å²) in [5, 5.41) is 3.39. The third-order valence-electron chi connectivity index (χ3n) is 4.47. The molecule has 1 aromatic carbocycles. The van der Waals surface area contributed by atoms with Gasteiger partial charge in [0.05, 0.1) is 0 Å². The summed E-state index contributed by atoms with van der Waals surface area (Å²) in [6.45, 7) is 4.92. The summed E-state index contributed by atoms with van der Waals surface area (Å²) in [5.74, 6) is 2.77. The van der Waals surface area contributed by atoms with E-state index in [4.69, 9.17) is 9.47 Å². The maximum atomic E-state index is 12.6. The summed E-state index contributed by atoms with van der Waals surface area (Å²) in [6, 6.07) is 5.48. The zero-order valence-corrected chi connectivity index (χ0v) is 12.5. The predicted octanol–water partition coefficient (Wildman–Crippen LogP) is 1.17. The van der Waals surface area contributed by atoms with Gasteiger partial charge in [0.1, 0.15) is 13.2 Å². The smallest absolute Gasteiger partial charge is 0.254 e. The number of hydrogen-bond acceptors (Lipinski definition) is 4. The van der Waals surface area contributed by atoms with Crippen molar-refractivity contribution in [3.8, 4) is 11.5 Å². The first-order valence-electron chi connectivity index (χ1n) is 7.21. The summed E-state index contributed by atoms with van der Waals surface area (Å²) in [6.07, 6.45) is 0. The van der Waals surface area contributed by atoms with Crippen LogP contribution in [0.1, 0.15) is 10.4 Å². The van der Waals surface area contributed by atoms with E-state index < -0.39 is 0 Å². The fourth-order valence-electron chi connectivity index (χ4n) is 3.38. The third kappa shape index (κ3) is 2.56. The fourth-order valence-corrected chi connectivity index (χ4v) is 3.38. The molecule has 1 amide bonds. The lowest BCUT2D eigenvalue weighted by molar-refractivity contribution is 0.0780. The Hall–Kier alpha value is -1.46. The Bertz CT molecular complexity index is 540. The van der Waals surface area contributed by atoms with Crippen molar-refractivity contribution in [2.24, 2.45) is 11.8 Å². The number of hydrogen-bond donors (Lipinski definition) is 1. The van der Waals surface area contributed by atoms with Gasteiger partial charge in [0, 0.05) is 31.7 Å². The van der Waals surface area contributed by atoms with Gasteiger partial charge in [-0.25, -0.2) is 0 Å². The summed E-state index contributed by atoms with van der Waals surface area (Å²) in [5.41, 5.74) is 0.696. The minimum Gasteiger partial charge on any atom is -0.486 e. The molecular weight excluding hydrogens is 292 g/mol. The molecule has 1 aromatic rings. The molecule has 2 saturated heterocycles. The molecule has 0 bridgehead atoms. The number of nitrogens with one attached hydrogen (secondary N) is 1. The Kier molecular flexibility index (Phi) is 3.95. The molecule has 0 spiro atoms. The number of ether oxygens (including phenoxy) is 2. The molecule has 1 N–H and O–H groups in total. The molecule has 3 aliphatic rings. The first-order chi connectivity index (χ1) is 9.81. The molecule has 2 atom stereocenters. The first kappa shape index (κ1) is 14.5. The van der Waals surface area contributed by atoms with Crippen LogP contribution in [0.2, 0.25) is 0 Å². The first-order valence-corrected chi connectivity index (χ1v) is 7.21. The highest BCUT2D eigenvalue weighted by atomic mass is 35.5. The van der Waals surface area contributed by atoms with Crippen LogP contribution >= 0.6 is 12.4 Å². The molecular formula is C15H19ClN2O3. The molecule has 114 valence electrons. The lowest BCUT2D eigenvalue weighted by atomic mass is 10.0. The Morgan fingerprint density at radius 3 is 2.48 bits per heavy atom. The molecule has 0 unspecified atom stereocenters. The molecule has 0 radical (unpaired) electrons. The van der Waals surface area contributed by atoms with Gasteiger partial charge in [-0.15, -0.1) is 12.4 Å². The van der Waals surface area contributed by atoms with Crippen molar-refractivity contribution in [2.45, 2.75) is 0 Å². The summed E-state index contributed by atoms with van der Waals surface area (Å²) < 4.78 is 11.0. The zero-order valence-electron chi connectivity index (χ0n) is 11.7. The number of carbonyl (C=O) groups excluding carboxylic acids is 1. The van der Waals surface area contributed by atoms with Crippen molar-refractivity contribution < 1.29 is 14.3 Å². The van der Waals surface area contributed by atoms with Gasteiger partial charge in [0.2, 0.25) is 0 Å². The number of likely N-dealkylation sites (tertiary alicyclic amines) is 1. The van der Waals surface area contributed by atoms with Crippen molar-refractivity contribution in [1.29, 1.82) is 0 Å². The van der Waals surface area contributed by atoms with Crippen LogP contribution in [0.15, 0.2) is 18.2 Å². The van der Waals surface area contributed by atoms with Crippen LogP contribution in [0, 0.1) is 11.8 Å². The average Bonchev–Trinajstić information content (AvgIpc) is 3.07. The number of fused-ring (bicyclic) bond motifs is 2. The number of halogens is 1.